The van der Waals surface area contributed by atoms with Gasteiger partial charge in [0.25, 0.3) is 0 Å². The van der Waals surface area contributed by atoms with E-state index >= 15 is 0 Å². The molecule has 2 aliphatic rings. The maximum atomic E-state index is 9.29. The van der Waals surface area contributed by atoms with Crippen molar-refractivity contribution >= 4 is 0 Å². The molecule has 0 aromatic heterocycles. The van der Waals surface area contributed by atoms with Crippen molar-refractivity contribution in [3.8, 4) is 0 Å². The first-order valence-corrected chi connectivity index (χ1v) is 4.19. The van der Waals surface area contributed by atoms with Crippen LogP contribution in [0.4, 0.5) is 0 Å². The SMILES string of the molecule is CCC1=C[C@H]2[C@@H](C1)C[C@H]2O. The molecule has 1 heteroatoms. The predicted octanol–water partition coefficient (Wildman–Crippen LogP) is 1.72. The predicted molar refractivity (Wildman–Crippen MR) is 40.6 cm³/mol. The van der Waals surface area contributed by atoms with Crippen molar-refractivity contribution in [2.45, 2.75) is 32.3 Å². The molecular weight excluding hydrogens is 124 g/mol. The van der Waals surface area contributed by atoms with Gasteiger partial charge in [0.2, 0.25) is 0 Å². The first kappa shape index (κ1) is 6.41. The fourth-order valence-corrected chi connectivity index (χ4v) is 2.15. The number of aliphatic hydroxyl groups is 1. The molecule has 1 nitrogen and oxygen atoms in total. The minimum absolute atomic E-state index is 0.00551. The third-order valence-corrected chi connectivity index (χ3v) is 2.94. The van der Waals surface area contributed by atoms with Crippen LogP contribution >= 0.6 is 0 Å². The van der Waals surface area contributed by atoms with E-state index in [1.807, 2.05) is 0 Å². The molecular formula is C9H14O. The highest BCUT2D eigenvalue weighted by Crippen LogP contribution is 2.46. The lowest BCUT2D eigenvalue weighted by atomic mass is 9.73. The highest BCUT2D eigenvalue weighted by molar-refractivity contribution is 5.19. The van der Waals surface area contributed by atoms with Gasteiger partial charge in [-0.3, -0.25) is 0 Å². The van der Waals surface area contributed by atoms with Crippen molar-refractivity contribution in [1.29, 1.82) is 0 Å². The average molecular weight is 138 g/mol. The molecule has 0 unspecified atom stereocenters. The molecule has 0 radical (unpaired) electrons. The first-order chi connectivity index (χ1) is 4.81. The van der Waals surface area contributed by atoms with Crippen LogP contribution in [0.15, 0.2) is 11.6 Å². The van der Waals surface area contributed by atoms with E-state index < -0.39 is 0 Å². The first-order valence-electron chi connectivity index (χ1n) is 4.19. The summed E-state index contributed by atoms with van der Waals surface area (Å²) < 4.78 is 0. The smallest absolute Gasteiger partial charge is 0.0608 e. The summed E-state index contributed by atoms with van der Waals surface area (Å²) >= 11 is 0. The molecule has 3 atom stereocenters. The summed E-state index contributed by atoms with van der Waals surface area (Å²) in [5.41, 5.74) is 1.56. The van der Waals surface area contributed by atoms with Gasteiger partial charge in [-0.05, 0) is 25.2 Å². The molecule has 56 valence electrons. The molecule has 0 aromatic carbocycles. The largest absolute Gasteiger partial charge is 0.392 e. The summed E-state index contributed by atoms with van der Waals surface area (Å²) in [5, 5.41) is 9.29. The maximum Gasteiger partial charge on any atom is 0.0608 e. The number of hydrogen-bond donors (Lipinski definition) is 1. The Morgan fingerprint density at radius 2 is 2.50 bits per heavy atom. The lowest BCUT2D eigenvalue weighted by Gasteiger charge is -2.35. The Kier molecular flexibility index (Phi) is 1.34. The van der Waals surface area contributed by atoms with Crippen molar-refractivity contribution in [2.24, 2.45) is 11.8 Å². The van der Waals surface area contributed by atoms with Gasteiger partial charge in [-0.25, -0.2) is 0 Å². The van der Waals surface area contributed by atoms with Crippen LogP contribution in [0.3, 0.4) is 0 Å². The van der Waals surface area contributed by atoms with Crippen LogP contribution in [0, 0.1) is 11.8 Å². The Morgan fingerprint density at radius 3 is 3.00 bits per heavy atom. The summed E-state index contributed by atoms with van der Waals surface area (Å²) in [6, 6.07) is 0. The highest BCUT2D eigenvalue weighted by atomic mass is 16.3. The second-order valence-corrected chi connectivity index (χ2v) is 3.52. The molecule has 0 heterocycles. The molecule has 0 aromatic rings. The van der Waals surface area contributed by atoms with Crippen molar-refractivity contribution in [1.82, 2.24) is 0 Å². The van der Waals surface area contributed by atoms with Gasteiger partial charge in [0.15, 0.2) is 0 Å². The van der Waals surface area contributed by atoms with Gasteiger partial charge >= 0.3 is 0 Å². The second-order valence-electron chi connectivity index (χ2n) is 3.52. The monoisotopic (exact) mass is 138 g/mol. The molecule has 10 heavy (non-hydrogen) atoms. The fourth-order valence-electron chi connectivity index (χ4n) is 2.15. The summed E-state index contributed by atoms with van der Waals surface area (Å²) in [6.45, 7) is 2.20. The van der Waals surface area contributed by atoms with Crippen molar-refractivity contribution in [3.05, 3.63) is 11.6 Å². The Hall–Kier alpha value is -0.300. The summed E-state index contributed by atoms with van der Waals surface area (Å²) in [4.78, 5) is 0. The summed E-state index contributed by atoms with van der Waals surface area (Å²) in [7, 11) is 0. The quantitative estimate of drug-likeness (QED) is 0.547. The van der Waals surface area contributed by atoms with Gasteiger partial charge in [-0.15, -0.1) is 0 Å². The van der Waals surface area contributed by atoms with Crippen LogP contribution in [0.25, 0.3) is 0 Å². The lowest BCUT2D eigenvalue weighted by Crippen LogP contribution is -2.37. The van der Waals surface area contributed by atoms with E-state index in [1.54, 1.807) is 5.57 Å². The molecule has 1 fully saturated rings. The Balaban J connectivity index is 2.05. The average Bonchev–Trinajstić information content (AvgIpc) is 2.26. The van der Waals surface area contributed by atoms with E-state index in [2.05, 4.69) is 13.0 Å². The fraction of sp³-hybridized carbons (Fsp3) is 0.778. The van der Waals surface area contributed by atoms with Crippen LogP contribution in [-0.2, 0) is 0 Å². The van der Waals surface area contributed by atoms with Gasteiger partial charge in [0.1, 0.15) is 0 Å². The zero-order chi connectivity index (χ0) is 7.14. The van der Waals surface area contributed by atoms with Gasteiger partial charge in [0, 0.05) is 5.92 Å². The zero-order valence-corrected chi connectivity index (χ0v) is 6.38. The van der Waals surface area contributed by atoms with E-state index in [1.165, 1.54) is 12.8 Å². The van der Waals surface area contributed by atoms with E-state index in [9.17, 15) is 5.11 Å². The van der Waals surface area contributed by atoms with Gasteiger partial charge in [-0.2, -0.15) is 0 Å². The van der Waals surface area contributed by atoms with E-state index in [0.29, 0.717) is 5.92 Å². The molecule has 0 bridgehead atoms. The molecule has 2 aliphatic carbocycles. The number of rotatable bonds is 1. The molecule has 2 rings (SSSR count). The maximum absolute atomic E-state index is 9.29. The molecule has 0 amide bonds. The van der Waals surface area contributed by atoms with Crippen molar-refractivity contribution < 1.29 is 5.11 Å². The number of fused-ring (bicyclic) bond motifs is 1. The summed E-state index contributed by atoms with van der Waals surface area (Å²) in [6.07, 6.45) is 5.77. The molecule has 1 saturated carbocycles. The zero-order valence-electron chi connectivity index (χ0n) is 6.38. The Bertz CT molecular complexity index is 172. The Morgan fingerprint density at radius 1 is 1.70 bits per heavy atom. The highest BCUT2D eigenvalue weighted by Gasteiger charge is 2.41. The normalized spacial score (nSPS) is 44.2. The van der Waals surface area contributed by atoms with Crippen LogP contribution < -0.4 is 0 Å². The third kappa shape index (κ3) is 0.734. The van der Waals surface area contributed by atoms with Gasteiger partial charge in [-0.1, -0.05) is 18.6 Å². The number of hydrogen-bond acceptors (Lipinski definition) is 1. The molecule has 0 aliphatic heterocycles. The molecule has 1 N–H and O–H groups in total. The van der Waals surface area contributed by atoms with E-state index in [-0.39, 0.29) is 6.10 Å². The molecule has 0 saturated heterocycles. The van der Waals surface area contributed by atoms with Crippen LogP contribution in [0.2, 0.25) is 0 Å². The van der Waals surface area contributed by atoms with Gasteiger partial charge < -0.3 is 5.11 Å². The number of allylic oxidation sites excluding steroid dienone is 1. The van der Waals surface area contributed by atoms with E-state index in [4.69, 9.17) is 0 Å². The van der Waals surface area contributed by atoms with E-state index in [0.717, 1.165) is 12.3 Å². The van der Waals surface area contributed by atoms with Crippen LogP contribution in [0.1, 0.15) is 26.2 Å². The Labute approximate surface area is 61.8 Å². The third-order valence-electron chi connectivity index (χ3n) is 2.94. The lowest BCUT2D eigenvalue weighted by molar-refractivity contribution is 0.00224. The molecule has 0 spiro atoms. The minimum atomic E-state index is -0.00551. The number of aliphatic hydroxyl groups excluding tert-OH is 1. The second kappa shape index (κ2) is 2.09. The van der Waals surface area contributed by atoms with Crippen LogP contribution in [-0.4, -0.2) is 11.2 Å². The topological polar surface area (TPSA) is 20.2 Å². The van der Waals surface area contributed by atoms with Crippen molar-refractivity contribution in [2.75, 3.05) is 0 Å². The van der Waals surface area contributed by atoms with Crippen LogP contribution in [0.5, 0.6) is 0 Å². The van der Waals surface area contributed by atoms with Crippen molar-refractivity contribution in [3.63, 3.8) is 0 Å². The standard InChI is InChI=1S/C9H14O/c1-2-6-3-7-5-9(10)8(7)4-6/h4,7-10H,2-3,5H2,1H3/t7-,8-,9+/m0/s1. The van der Waals surface area contributed by atoms with Gasteiger partial charge in [0.05, 0.1) is 6.10 Å². The minimum Gasteiger partial charge on any atom is -0.392 e. The summed E-state index contributed by atoms with van der Waals surface area (Å²) in [5.74, 6) is 1.35.